The van der Waals surface area contributed by atoms with Crippen LogP contribution in [-0.2, 0) is 12.0 Å². The van der Waals surface area contributed by atoms with Gasteiger partial charge in [-0.05, 0) is 57.4 Å². The summed E-state index contributed by atoms with van der Waals surface area (Å²) in [6, 6.07) is 19.7. The lowest BCUT2D eigenvalue weighted by Crippen LogP contribution is -2.25. The fourth-order valence-corrected chi connectivity index (χ4v) is 3.52. The average molecular weight is 404 g/mol. The molecule has 1 aliphatic carbocycles. The Kier molecular flexibility index (Phi) is 5.62. The Morgan fingerprint density at radius 3 is 2.50 bits per heavy atom. The third-order valence-electron chi connectivity index (χ3n) is 5.23. The maximum absolute atomic E-state index is 13.0. The molecule has 0 atom stereocenters. The van der Waals surface area contributed by atoms with Crippen LogP contribution in [0.5, 0.6) is 5.75 Å². The van der Waals surface area contributed by atoms with Crippen LogP contribution >= 0.6 is 0 Å². The van der Waals surface area contributed by atoms with Crippen LogP contribution in [-0.4, -0.2) is 22.3 Å². The Bertz CT molecular complexity index is 1010. The molecule has 3 aromatic rings. The number of anilines is 1. The highest BCUT2D eigenvalue weighted by Crippen LogP contribution is 2.41. The minimum Gasteiger partial charge on any atom is -0.491 e. The Balaban J connectivity index is 1.46. The van der Waals surface area contributed by atoms with E-state index in [1.807, 2.05) is 53.2 Å². The highest BCUT2D eigenvalue weighted by molar-refractivity contribution is 6.03. The van der Waals surface area contributed by atoms with E-state index in [1.165, 1.54) is 18.4 Å². The van der Waals surface area contributed by atoms with Crippen molar-refractivity contribution in [1.29, 1.82) is 0 Å². The monoisotopic (exact) mass is 403 g/mol. The molecule has 0 radical (unpaired) electrons. The smallest absolute Gasteiger partial charge is 0.276 e. The molecule has 0 bridgehead atoms. The minimum absolute atomic E-state index is 0.158. The Hall–Kier alpha value is -3.08. The van der Waals surface area contributed by atoms with E-state index in [-0.39, 0.29) is 11.4 Å². The summed E-state index contributed by atoms with van der Waals surface area (Å²) >= 11 is 0. The normalized spacial score (nSPS) is 13.8. The number of ether oxygens (including phenoxy) is 1. The van der Waals surface area contributed by atoms with Crippen LogP contribution in [0.2, 0.25) is 0 Å². The molecule has 1 fully saturated rings. The van der Waals surface area contributed by atoms with Crippen molar-refractivity contribution in [2.75, 3.05) is 11.9 Å². The fraction of sp³-hybridized carbons (Fsp3) is 0.360. The molecule has 2 aromatic carbocycles. The van der Waals surface area contributed by atoms with E-state index >= 15 is 0 Å². The van der Waals surface area contributed by atoms with E-state index in [0.29, 0.717) is 29.7 Å². The van der Waals surface area contributed by atoms with E-state index in [1.54, 1.807) is 0 Å². The molecule has 5 heteroatoms. The van der Waals surface area contributed by atoms with Crippen LogP contribution in [0.1, 0.15) is 61.3 Å². The van der Waals surface area contributed by atoms with Gasteiger partial charge in [0, 0.05) is 18.0 Å². The van der Waals surface area contributed by atoms with Gasteiger partial charge in [-0.15, -0.1) is 0 Å². The summed E-state index contributed by atoms with van der Waals surface area (Å²) in [5.74, 6) is 0.977. The zero-order chi connectivity index (χ0) is 21.1. The molecule has 1 aromatic heterocycles. The van der Waals surface area contributed by atoms with Crippen LogP contribution in [0.25, 0.3) is 0 Å². The molecule has 1 N–H and O–H groups in total. The van der Waals surface area contributed by atoms with Crippen molar-refractivity contribution in [2.24, 2.45) is 0 Å². The molecule has 156 valence electrons. The summed E-state index contributed by atoms with van der Waals surface area (Å²) in [7, 11) is 0. The van der Waals surface area contributed by atoms with E-state index in [9.17, 15) is 4.79 Å². The Labute approximate surface area is 178 Å². The Morgan fingerprint density at radius 2 is 1.80 bits per heavy atom. The molecule has 0 aliphatic heterocycles. The van der Waals surface area contributed by atoms with E-state index in [2.05, 4.69) is 43.3 Å². The Morgan fingerprint density at radius 1 is 1.10 bits per heavy atom. The number of para-hydroxylation sites is 2. The summed E-state index contributed by atoms with van der Waals surface area (Å²) in [6.07, 6.45) is 3.14. The number of nitrogens with zero attached hydrogens (tertiary/aromatic N) is 2. The van der Waals surface area contributed by atoms with Crippen LogP contribution in [0.3, 0.4) is 0 Å². The van der Waals surface area contributed by atoms with Gasteiger partial charge in [0.1, 0.15) is 5.75 Å². The second-order valence-corrected chi connectivity index (χ2v) is 8.85. The lowest BCUT2D eigenvalue weighted by molar-refractivity contribution is 0.102. The maximum Gasteiger partial charge on any atom is 0.276 e. The number of amides is 1. The number of hydrogen-bond acceptors (Lipinski definition) is 3. The summed E-state index contributed by atoms with van der Waals surface area (Å²) in [5, 5.41) is 7.62. The molecule has 0 saturated heterocycles. The second kappa shape index (κ2) is 8.34. The third-order valence-corrected chi connectivity index (χ3v) is 5.23. The molecular formula is C25H29N3O2. The molecule has 0 unspecified atom stereocenters. The molecule has 1 saturated carbocycles. The van der Waals surface area contributed by atoms with Crippen molar-refractivity contribution in [2.45, 2.75) is 51.5 Å². The quantitative estimate of drug-likeness (QED) is 0.575. The topological polar surface area (TPSA) is 56.2 Å². The first-order valence-corrected chi connectivity index (χ1v) is 10.6. The fourth-order valence-electron chi connectivity index (χ4n) is 3.52. The predicted octanol–water partition coefficient (Wildman–Crippen LogP) is 5.39. The zero-order valence-electron chi connectivity index (χ0n) is 17.9. The van der Waals surface area contributed by atoms with Gasteiger partial charge < -0.3 is 10.1 Å². The van der Waals surface area contributed by atoms with Crippen LogP contribution in [0.4, 0.5) is 5.69 Å². The molecule has 1 heterocycles. The third kappa shape index (κ3) is 4.73. The van der Waals surface area contributed by atoms with Gasteiger partial charge in [0.25, 0.3) is 5.91 Å². The van der Waals surface area contributed by atoms with Gasteiger partial charge in [-0.25, -0.2) is 0 Å². The van der Waals surface area contributed by atoms with Gasteiger partial charge in [0.2, 0.25) is 0 Å². The molecule has 30 heavy (non-hydrogen) atoms. The van der Waals surface area contributed by atoms with Crippen molar-refractivity contribution in [1.82, 2.24) is 9.78 Å². The summed E-state index contributed by atoms with van der Waals surface area (Å²) in [6.45, 7) is 6.89. The number of nitrogens with one attached hydrogen (secondary N) is 1. The van der Waals surface area contributed by atoms with Gasteiger partial charge in [-0.2, -0.15) is 5.10 Å². The highest BCUT2D eigenvalue weighted by atomic mass is 16.5. The lowest BCUT2D eigenvalue weighted by atomic mass is 10.1. The van der Waals surface area contributed by atoms with Gasteiger partial charge in [-0.3, -0.25) is 9.48 Å². The molecule has 1 aliphatic rings. The zero-order valence-corrected chi connectivity index (χ0v) is 17.9. The van der Waals surface area contributed by atoms with Gasteiger partial charge in [0.05, 0.1) is 17.8 Å². The van der Waals surface area contributed by atoms with Crippen molar-refractivity contribution >= 4 is 11.6 Å². The number of benzene rings is 2. The van der Waals surface area contributed by atoms with Gasteiger partial charge in [0.15, 0.2) is 5.69 Å². The number of hydrogen-bond donors (Lipinski definition) is 1. The van der Waals surface area contributed by atoms with Crippen molar-refractivity contribution < 1.29 is 9.53 Å². The summed E-state index contributed by atoms with van der Waals surface area (Å²) < 4.78 is 7.97. The van der Waals surface area contributed by atoms with Crippen LogP contribution in [0.15, 0.2) is 60.7 Å². The predicted molar refractivity (Wildman–Crippen MR) is 119 cm³/mol. The number of carbonyl (C=O) groups is 1. The maximum atomic E-state index is 13.0. The molecular weight excluding hydrogens is 374 g/mol. The minimum atomic E-state index is -0.209. The van der Waals surface area contributed by atoms with E-state index in [0.717, 1.165) is 12.1 Å². The van der Waals surface area contributed by atoms with Gasteiger partial charge >= 0.3 is 0 Å². The van der Waals surface area contributed by atoms with Crippen molar-refractivity contribution in [3.63, 3.8) is 0 Å². The molecule has 1 amide bonds. The molecule has 0 spiro atoms. The first kappa shape index (κ1) is 20.2. The summed E-state index contributed by atoms with van der Waals surface area (Å²) in [4.78, 5) is 13.0. The molecule has 4 rings (SSSR count). The second-order valence-electron chi connectivity index (χ2n) is 8.85. The lowest BCUT2D eigenvalue weighted by Gasteiger charge is -2.22. The largest absolute Gasteiger partial charge is 0.491 e. The highest BCUT2D eigenvalue weighted by Gasteiger charge is 2.32. The first-order chi connectivity index (χ1) is 14.4. The standard InChI is InChI=1S/C25H29N3O2/c1-25(2,3)28-22(19-13-14-19)17-21(27-28)24(29)26-20-11-7-8-12-23(20)30-16-15-18-9-5-4-6-10-18/h4-12,17,19H,13-16H2,1-3H3,(H,26,29). The van der Waals surface area contributed by atoms with Crippen LogP contribution in [0, 0.1) is 0 Å². The molecule has 5 nitrogen and oxygen atoms in total. The van der Waals surface area contributed by atoms with E-state index < -0.39 is 0 Å². The number of aromatic nitrogens is 2. The van der Waals surface area contributed by atoms with Crippen LogP contribution < -0.4 is 10.1 Å². The van der Waals surface area contributed by atoms with E-state index in [4.69, 9.17) is 4.74 Å². The number of carbonyl (C=O) groups excluding carboxylic acids is 1. The number of rotatable bonds is 7. The van der Waals surface area contributed by atoms with Crippen molar-refractivity contribution in [3.8, 4) is 5.75 Å². The average Bonchev–Trinajstić information content (AvgIpc) is 3.46. The summed E-state index contributed by atoms with van der Waals surface area (Å²) in [5.41, 5.74) is 3.33. The van der Waals surface area contributed by atoms with Crippen molar-refractivity contribution in [3.05, 3.63) is 77.6 Å². The van der Waals surface area contributed by atoms with Gasteiger partial charge in [-0.1, -0.05) is 42.5 Å². The first-order valence-electron chi connectivity index (χ1n) is 10.6. The SMILES string of the molecule is CC(C)(C)n1nc(C(=O)Nc2ccccc2OCCc2ccccc2)cc1C1CC1.